The summed E-state index contributed by atoms with van der Waals surface area (Å²) in [5.41, 5.74) is 2.76. The molecule has 0 aliphatic carbocycles. The van der Waals surface area contributed by atoms with E-state index in [9.17, 15) is 14.4 Å². The lowest BCUT2D eigenvalue weighted by Crippen LogP contribution is -2.35. The van der Waals surface area contributed by atoms with Crippen molar-refractivity contribution in [2.75, 3.05) is 6.54 Å². The highest BCUT2D eigenvalue weighted by Gasteiger charge is 2.35. The second kappa shape index (κ2) is 6.04. The van der Waals surface area contributed by atoms with E-state index in [-0.39, 0.29) is 5.70 Å². The van der Waals surface area contributed by atoms with Crippen molar-refractivity contribution in [1.82, 2.24) is 14.8 Å². The molecule has 122 valence electrons. The molecule has 2 N–H and O–H groups in total. The minimum atomic E-state index is -1.25. The van der Waals surface area contributed by atoms with E-state index < -0.39 is 24.5 Å². The van der Waals surface area contributed by atoms with Crippen LogP contribution in [-0.2, 0) is 9.59 Å². The lowest BCUT2D eigenvalue weighted by molar-refractivity contribution is -0.140. The maximum atomic E-state index is 12.2. The smallest absolute Gasteiger partial charge is 0.329 e. The van der Waals surface area contributed by atoms with Crippen LogP contribution >= 0.6 is 0 Å². The van der Waals surface area contributed by atoms with E-state index in [1.807, 2.05) is 48.0 Å². The number of hydrogen-bond donors (Lipinski definition) is 2. The minimum absolute atomic E-state index is 0.0507. The average molecular weight is 325 g/mol. The number of benzene rings is 1. The highest BCUT2D eigenvalue weighted by Crippen LogP contribution is 2.20. The van der Waals surface area contributed by atoms with Crippen molar-refractivity contribution < 1.29 is 19.5 Å². The molecule has 7 heteroatoms. The van der Waals surface area contributed by atoms with Crippen LogP contribution in [0, 0.1) is 6.92 Å². The van der Waals surface area contributed by atoms with Gasteiger partial charge in [0.15, 0.2) is 0 Å². The topological polar surface area (TPSA) is 91.6 Å². The summed E-state index contributed by atoms with van der Waals surface area (Å²) in [4.78, 5) is 35.4. The fourth-order valence-electron chi connectivity index (χ4n) is 2.56. The molecule has 3 amide bonds. The molecule has 1 aromatic carbocycles. The predicted octanol–water partition coefficient (Wildman–Crippen LogP) is 1.76. The second-order valence-electron chi connectivity index (χ2n) is 5.36. The first-order valence-electron chi connectivity index (χ1n) is 7.27. The van der Waals surface area contributed by atoms with Crippen molar-refractivity contribution >= 4 is 24.0 Å². The molecular weight excluding hydrogens is 310 g/mol. The van der Waals surface area contributed by atoms with Gasteiger partial charge in [0.2, 0.25) is 0 Å². The third-order valence-electron chi connectivity index (χ3n) is 3.70. The Morgan fingerprint density at radius 2 is 1.96 bits per heavy atom. The number of nitrogens with zero attached hydrogens (tertiary/aromatic N) is 2. The quantitative estimate of drug-likeness (QED) is 0.662. The van der Waals surface area contributed by atoms with Gasteiger partial charge in [-0.3, -0.25) is 9.59 Å². The number of amides is 3. The number of nitrogens with one attached hydrogen (secondary N) is 1. The number of imide groups is 1. The van der Waals surface area contributed by atoms with Gasteiger partial charge in [-0.15, -0.1) is 0 Å². The molecule has 1 aromatic heterocycles. The largest absolute Gasteiger partial charge is 0.480 e. The molecule has 1 aliphatic rings. The van der Waals surface area contributed by atoms with Crippen LogP contribution in [-0.4, -0.2) is 39.0 Å². The Morgan fingerprint density at radius 1 is 1.21 bits per heavy atom. The van der Waals surface area contributed by atoms with E-state index in [0.717, 1.165) is 11.3 Å². The van der Waals surface area contributed by atoms with Crippen molar-refractivity contribution in [2.45, 2.75) is 6.92 Å². The number of rotatable bonds is 4. The number of aryl methyl sites for hydroxylation is 1. The molecule has 3 rings (SSSR count). The van der Waals surface area contributed by atoms with Gasteiger partial charge >= 0.3 is 12.0 Å². The zero-order chi connectivity index (χ0) is 17.3. The van der Waals surface area contributed by atoms with Gasteiger partial charge in [-0.1, -0.05) is 18.2 Å². The van der Waals surface area contributed by atoms with Gasteiger partial charge in [0.05, 0.1) is 0 Å². The molecule has 0 spiro atoms. The number of carbonyl (C=O) groups is 3. The van der Waals surface area contributed by atoms with Crippen LogP contribution in [0.15, 0.2) is 48.3 Å². The normalized spacial score (nSPS) is 15.9. The van der Waals surface area contributed by atoms with Crippen LogP contribution in [0.5, 0.6) is 0 Å². The fourth-order valence-corrected chi connectivity index (χ4v) is 2.56. The zero-order valence-corrected chi connectivity index (χ0v) is 12.9. The fraction of sp³-hybridized carbons (Fsp3) is 0.118. The highest BCUT2D eigenvalue weighted by molar-refractivity contribution is 6.15. The average Bonchev–Trinajstić information content (AvgIpc) is 3.08. The Morgan fingerprint density at radius 3 is 2.67 bits per heavy atom. The minimum Gasteiger partial charge on any atom is -0.480 e. The zero-order valence-electron chi connectivity index (χ0n) is 12.9. The van der Waals surface area contributed by atoms with Crippen molar-refractivity contribution in [3.63, 3.8) is 0 Å². The lowest BCUT2D eigenvalue weighted by atomic mass is 10.2. The molecule has 1 aliphatic heterocycles. The number of carboxylic acid groups (broad SMARTS) is 1. The molecule has 0 radical (unpaired) electrons. The molecule has 1 saturated heterocycles. The number of urea groups is 1. The van der Waals surface area contributed by atoms with Crippen LogP contribution in [0.1, 0.15) is 11.3 Å². The number of para-hydroxylation sites is 1. The first-order chi connectivity index (χ1) is 11.5. The Labute approximate surface area is 137 Å². The number of carbonyl (C=O) groups excluding carboxylic acids is 2. The van der Waals surface area contributed by atoms with Crippen molar-refractivity contribution in [3.05, 3.63) is 59.5 Å². The first-order valence-corrected chi connectivity index (χ1v) is 7.27. The summed E-state index contributed by atoms with van der Waals surface area (Å²) in [7, 11) is 0. The van der Waals surface area contributed by atoms with E-state index in [2.05, 4.69) is 5.32 Å². The van der Waals surface area contributed by atoms with E-state index in [1.165, 1.54) is 6.08 Å². The van der Waals surface area contributed by atoms with Gasteiger partial charge in [-0.2, -0.15) is 0 Å². The number of aliphatic carboxylic acids is 1. The van der Waals surface area contributed by atoms with E-state index in [4.69, 9.17) is 5.11 Å². The Kier molecular flexibility index (Phi) is 3.91. The van der Waals surface area contributed by atoms with Gasteiger partial charge in [-0.25, -0.2) is 9.69 Å². The standard InChI is InChI=1S/C17H15N3O4/c1-11-5-2-3-7-14(11)19-8-4-6-12(19)9-13-16(23)20(10-15(21)22)17(24)18-13/h2-9H,10H2,1H3,(H,18,24)(H,21,22)/b13-9+. The maximum Gasteiger partial charge on any atom is 0.329 e. The van der Waals surface area contributed by atoms with Crippen LogP contribution in [0.3, 0.4) is 0 Å². The molecule has 7 nitrogen and oxygen atoms in total. The van der Waals surface area contributed by atoms with Crippen LogP contribution < -0.4 is 5.32 Å². The van der Waals surface area contributed by atoms with E-state index in [1.54, 1.807) is 6.07 Å². The van der Waals surface area contributed by atoms with Gasteiger partial charge in [0.25, 0.3) is 5.91 Å². The van der Waals surface area contributed by atoms with Crippen LogP contribution in [0.2, 0.25) is 0 Å². The molecule has 2 heterocycles. The molecule has 24 heavy (non-hydrogen) atoms. The monoisotopic (exact) mass is 325 g/mol. The third-order valence-corrected chi connectivity index (χ3v) is 3.70. The summed E-state index contributed by atoms with van der Waals surface area (Å²) in [6.45, 7) is 1.31. The molecular formula is C17H15N3O4. The summed E-state index contributed by atoms with van der Waals surface area (Å²) in [5.74, 6) is -1.90. The third kappa shape index (κ3) is 2.79. The Hall–Kier alpha value is -3.35. The molecule has 0 saturated carbocycles. The summed E-state index contributed by atoms with van der Waals surface area (Å²) in [6, 6.07) is 10.7. The maximum absolute atomic E-state index is 12.2. The summed E-state index contributed by atoms with van der Waals surface area (Å²) < 4.78 is 1.89. The van der Waals surface area contributed by atoms with Crippen molar-refractivity contribution in [3.8, 4) is 5.69 Å². The molecule has 0 atom stereocenters. The van der Waals surface area contributed by atoms with Crippen LogP contribution in [0.4, 0.5) is 4.79 Å². The van der Waals surface area contributed by atoms with E-state index >= 15 is 0 Å². The number of carboxylic acids is 1. The van der Waals surface area contributed by atoms with Gasteiger partial charge in [0, 0.05) is 17.6 Å². The van der Waals surface area contributed by atoms with E-state index in [0.29, 0.717) is 10.6 Å². The van der Waals surface area contributed by atoms with Gasteiger partial charge in [-0.05, 0) is 36.8 Å². The first kappa shape index (κ1) is 15.5. The SMILES string of the molecule is Cc1ccccc1-n1cccc1/C=C1/NC(=O)N(CC(=O)O)C1=O. The van der Waals surface area contributed by atoms with Crippen molar-refractivity contribution in [1.29, 1.82) is 0 Å². The molecule has 0 bridgehead atoms. The lowest BCUT2D eigenvalue weighted by Gasteiger charge is -2.10. The predicted molar refractivity (Wildman–Crippen MR) is 86.4 cm³/mol. The Balaban J connectivity index is 1.95. The number of aromatic nitrogens is 1. The number of hydrogen-bond acceptors (Lipinski definition) is 3. The second-order valence-corrected chi connectivity index (χ2v) is 5.36. The molecule has 2 aromatic rings. The van der Waals surface area contributed by atoms with Crippen LogP contribution in [0.25, 0.3) is 11.8 Å². The molecule has 0 unspecified atom stereocenters. The Bertz CT molecular complexity index is 866. The highest BCUT2D eigenvalue weighted by atomic mass is 16.4. The molecule has 1 fully saturated rings. The van der Waals surface area contributed by atoms with Crippen molar-refractivity contribution in [2.24, 2.45) is 0 Å². The summed E-state index contributed by atoms with van der Waals surface area (Å²) >= 11 is 0. The van der Waals surface area contributed by atoms with Gasteiger partial charge < -0.3 is 15.0 Å². The summed E-state index contributed by atoms with van der Waals surface area (Å²) in [6.07, 6.45) is 3.39. The summed E-state index contributed by atoms with van der Waals surface area (Å²) in [5, 5.41) is 11.2. The van der Waals surface area contributed by atoms with Gasteiger partial charge in [0.1, 0.15) is 12.2 Å².